The van der Waals surface area contributed by atoms with Crippen LogP contribution < -0.4 is 15.5 Å². The van der Waals surface area contributed by atoms with Gasteiger partial charge in [-0.15, -0.1) is 0 Å². The van der Waals surface area contributed by atoms with Crippen molar-refractivity contribution in [3.8, 4) is 0 Å². The first kappa shape index (κ1) is 15.7. The monoisotopic (exact) mass is 265 g/mol. The Labute approximate surface area is 116 Å². The summed E-state index contributed by atoms with van der Waals surface area (Å²) in [5.41, 5.74) is 0.233. The van der Waals surface area contributed by atoms with Crippen molar-refractivity contribution in [2.75, 3.05) is 43.9 Å². The van der Waals surface area contributed by atoms with Gasteiger partial charge in [0.2, 0.25) is 0 Å². The number of likely N-dealkylation sites (N-methyl/N-ethyl adjacent to an activating group) is 2. The molecule has 0 bridgehead atoms. The molecule has 0 spiro atoms. The number of hydrogen-bond donors (Lipinski definition) is 2. The van der Waals surface area contributed by atoms with E-state index in [4.69, 9.17) is 0 Å². The van der Waals surface area contributed by atoms with Crippen LogP contribution in [0, 0.1) is 12.3 Å². The normalized spacial score (nSPS) is 11.5. The Morgan fingerprint density at radius 3 is 2.53 bits per heavy atom. The van der Waals surface area contributed by atoms with E-state index < -0.39 is 0 Å². The van der Waals surface area contributed by atoms with Gasteiger partial charge in [0.1, 0.15) is 17.5 Å². The lowest BCUT2D eigenvalue weighted by molar-refractivity contribution is 0.442. The molecule has 19 heavy (non-hydrogen) atoms. The molecule has 0 atom stereocenters. The summed E-state index contributed by atoms with van der Waals surface area (Å²) in [6, 6.07) is 2.01. The van der Waals surface area contributed by atoms with Gasteiger partial charge in [-0.1, -0.05) is 20.8 Å². The lowest BCUT2D eigenvalue weighted by Crippen LogP contribution is -2.28. The molecule has 0 aromatic carbocycles. The molecule has 0 amide bonds. The van der Waals surface area contributed by atoms with Gasteiger partial charge in [0.25, 0.3) is 0 Å². The van der Waals surface area contributed by atoms with Gasteiger partial charge < -0.3 is 15.5 Å². The van der Waals surface area contributed by atoms with Crippen molar-refractivity contribution in [3.63, 3.8) is 0 Å². The van der Waals surface area contributed by atoms with E-state index in [0.717, 1.165) is 37.1 Å². The fourth-order valence-corrected chi connectivity index (χ4v) is 1.59. The minimum absolute atomic E-state index is 0.233. The predicted molar refractivity (Wildman–Crippen MR) is 81.9 cm³/mol. The largest absolute Gasteiger partial charge is 0.369 e. The fourth-order valence-electron chi connectivity index (χ4n) is 1.59. The van der Waals surface area contributed by atoms with E-state index in [0.29, 0.717) is 0 Å². The molecule has 0 fully saturated rings. The Hall–Kier alpha value is -1.36. The van der Waals surface area contributed by atoms with E-state index in [-0.39, 0.29) is 5.41 Å². The highest BCUT2D eigenvalue weighted by molar-refractivity contribution is 5.49. The fraction of sp³-hybridized carbons (Fsp3) is 0.714. The maximum absolute atomic E-state index is 4.48. The van der Waals surface area contributed by atoms with Gasteiger partial charge in [0.05, 0.1) is 0 Å². The summed E-state index contributed by atoms with van der Waals surface area (Å²) in [5.74, 6) is 2.65. The van der Waals surface area contributed by atoms with Gasteiger partial charge in [-0.05, 0) is 19.4 Å². The summed E-state index contributed by atoms with van der Waals surface area (Å²) in [4.78, 5) is 11.0. The second-order valence-electron chi connectivity index (χ2n) is 6.10. The van der Waals surface area contributed by atoms with Gasteiger partial charge in [-0.25, -0.2) is 9.97 Å². The van der Waals surface area contributed by atoms with Crippen molar-refractivity contribution in [2.24, 2.45) is 5.41 Å². The number of nitrogens with one attached hydrogen (secondary N) is 2. The topological polar surface area (TPSA) is 53.1 Å². The molecular weight excluding hydrogens is 238 g/mol. The summed E-state index contributed by atoms with van der Waals surface area (Å²) >= 11 is 0. The summed E-state index contributed by atoms with van der Waals surface area (Å²) in [6.07, 6.45) is 0. The summed E-state index contributed by atoms with van der Waals surface area (Å²) < 4.78 is 0. The lowest BCUT2D eigenvalue weighted by Gasteiger charge is -2.21. The van der Waals surface area contributed by atoms with E-state index in [1.54, 1.807) is 0 Å². The number of aryl methyl sites for hydroxylation is 1. The zero-order chi connectivity index (χ0) is 14.5. The van der Waals surface area contributed by atoms with Crippen LogP contribution in [0.4, 0.5) is 11.6 Å². The number of rotatable bonds is 6. The summed E-state index contributed by atoms with van der Waals surface area (Å²) in [6.45, 7) is 11.3. The number of hydrogen-bond acceptors (Lipinski definition) is 5. The molecule has 0 aliphatic heterocycles. The molecule has 2 N–H and O–H groups in total. The van der Waals surface area contributed by atoms with Gasteiger partial charge in [0.15, 0.2) is 0 Å². The molecule has 5 heteroatoms. The van der Waals surface area contributed by atoms with Crippen LogP contribution in [0.1, 0.15) is 26.6 Å². The Balaban J connectivity index is 2.76. The van der Waals surface area contributed by atoms with Crippen LogP contribution in [0.5, 0.6) is 0 Å². The Morgan fingerprint density at radius 1 is 1.26 bits per heavy atom. The molecule has 1 aromatic heterocycles. The molecule has 0 aliphatic carbocycles. The lowest BCUT2D eigenvalue weighted by atomic mass is 9.97. The Kier molecular flexibility index (Phi) is 5.54. The van der Waals surface area contributed by atoms with E-state index in [2.05, 4.69) is 46.3 Å². The molecule has 1 heterocycles. The first-order valence-electron chi connectivity index (χ1n) is 6.77. The smallest absolute Gasteiger partial charge is 0.134 e. The van der Waals surface area contributed by atoms with E-state index in [1.165, 1.54) is 0 Å². The van der Waals surface area contributed by atoms with Crippen molar-refractivity contribution in [1.82, 2.24) is 15.3 Å². The molecule has 1 rings (SSSR count). The average molecular weight is 265 g/mol. The van der Waals surface area contributed by atoms with Gasteiger partial charge in [0, 0.05) is 32.7 Å². The minimum atomic E-state index is 0.233. The summed E-state index contributed by atoms with van der Waals surface area (Å²) in [7, 11) is 4.00. The van der Waals surface area contributed by atoms with Crippen molar-refractivity contribution >= 4 is 11.6 Å². The van der Waals surface area contributed by atoms with Gasteiger partial charge in [-0.3, -0.25) is 0 Å². The third-order valence-electron chi connectivity index (χ3n) is 2.71. The van der Waals surface area contributed by atoms with Crippen molar-refractivity contribution in [1.29, 1.82) is 0 Å². The zero-order valence-electron chi connectivity index (χ0n) is 13.0. The number of anilines is 2. The highest BCUT2D eigenvalue weighted by Crippen LogP contribution is 2.17. The third kappa shape index (κ3) is 5.87. The van der Waals surface area contributed by atoms with E-state index >= 15 is 0 Å². The van der Waals surface area contributed by atoms with Gasteiger partial charge >= 0.3 is 0 Å². The average Bonchev–Trinajstić information content (AvgIpc) is 2.32. The second-order valence-corrected chi connectivity index (χ2v) is 6.10. The first-order chi connectivity index (χ1) is 8.81. The molecule has 108 valence electrons. The van der Waals surface area contributed by atoms with Crippen LogP contribution in [-0.4, -0.2) is 43.7 Å². The molecule has 0 aliphatic rings. The molecule has 0 unspecified atom stereocenters. The molecule has 0 saturated heterocycles. The second kappa shape index (κ2) is 6.70. The molecular formula is C14H27N5. The van der Waals surface area contributed by atoms with Crippen LogP contribution >= 0.6 is 0 Å². The quantitative estimate of drug-likeness (QED) is 0.823. The van der Waals surface area contributed by atoms with Crippen molar-refractivity contribution in [3.05, 3.63) is 11.9 Å². The third-order valence-corrected chi connectivity index (χ3v) is 2.71. The molecule has 5 nitrogen and oxygen atoms in total. The van der Waals surface area contributed by atoms with E-state index in [9.17, 15) is 0 Å². The molecule has 0 saturated carbocycles. The molecule has 0 radical (unpaired) electrons. The number of aromatic nitrogens is 2. The Bertz CT molecular complexity index is 397. The Morgan fingerprint density at radius 2 is 1.95 bits per heavy atom. The summed E-state index contributed by atoms with van der Waals surface area (Å²) in [5, 5.41) is 6.53. The first-order valence-corrected chi connectivity index (χ1v) is 6.77. The van der Waals surface area contributed by atoms with Crippen LogP contribution in [0.2, 0.25) is 0 Å². The van der Waals surface area contributed by atoms with Crippen molar-refractivity contribution in [2.45, 2.75) is 27.7 Å². The maximum atomic E-state index is 4.48. The standard InChI is InChI=1S/C14H27N5/c1-11-17-12(16-10-14(2,3)4)9-13(18-11)19(6)8-7-15-5/h9,15H,7-8,10H2,1-6H3,(H,16,17,18). The van der Waals surface area contributed by atoms with Crippen LogP contribution in [0.3, 0.4) is 0 Å². The van der Waals surface area contributed by atoms with Crippen LogP contribution in [0.25, 0.3) is 0 Å². The predicted octanol–water partition coefficient (Wildman–Crippen LogP) is 1.90. The number of nitrogens with zero attached hydrogens (tertiary/aromatic N) is 3. The maximum Gasteiger partial charge on any atom is 0.134 e. The molecule has 1 aromatic rings. The minimum Gasteiger partial charge on any atom is -0.369 e. The van der Waals surface area contributed by atoms with Crippen LogP contribution in [-0.2, 0) is 0 Å². The van der Waals surface area contributed by atoms with Crippen molar-refractivity contribution < 1.29 is 0 Å². The van der Waals surface area contributed by atoms with Gasteiger partial charge in [-0.2, -0.15) is 0 Å². The zero-order valence-corrected chi connectivity index (χ0v) is 13.0. The highest BCUT2D eigenvalue weighted by atomic mass is 15.2. The highest BCUT2D eigenvalue weighted by Gasteiger charge is 2.11. The van der Waals surface area contributed by atoms with Crippen LogP contribution in [0.15, 0.2) is 6.07 Å². The van der Waals surface area contributed by atoms with E-state index in [1.807, 2.05) is 27.1 Å². The SMILES string of the molecule is CNCCN(C)c1cc(NCC(C)(C)C)nc(C)n1.